The minimum Gasteiger partial charge on any atom is -0.379 e. The molecule has 1 unspecified atom stereocenters. The Labute approximate surface area is 163 Å². The Morgan fingerprint density at radius 2 is 1.67 bits per heavy atom. The molecule has 0 saturated carbocycles. The van der Waals surface area contributed by atoms with Gasteiger partial charge in [0.1, 0.15) is 0 Å². The van der Waals surface area contributed by atoms with Crippen molar-refractivity contribution in [2.75, 3.05) is 52.5 Å². The van der Waals surface area contributed by atoms with Crippen molar-refractivity contribution in [3.05, 3.63) is 35.9 Å². The third kappa shape index (κ3) is 4.89. The summed E-state index contributed by atoms with van der Waals surface area (Å²) in [5, 5.41) is 0. The van der Waals surface area contributed by atoms with Crippen molar-refractivity contribution >= 4 is 5.91 Å². The van der Waals surface area contributed by atoms with Crippen LogP contribution in [0, 0.1) is 5.92 Å². The van der Waals surface area contributed by atoms with Crippen LogP contribution in [0.4, 0.5) is 0 Å². The van der Waals surface area contributed by atoms with Crippen LogP contribution in [-0.4, -0.2) is 79.1 Å². The molecule has 1 aromatic carbocycles. The molecule has 0 aromatic heterocycles. The number of nitrogens with zero attached hydrogens (tertiary/aromatic N) is 3. The van der Waals surface area contributed by atoms with Gasteiger partial charge in [0.05, 0.1) is 13.2 Å². The van der Waals surface area contributed by atoms with E-state index in [-0.39, 0.29) is 5.92 Å². The van der Waals surface area contributed by atoms with Crippen molar-refractivity contribution in [1.82, 2.24) is 14.7 Å². The molecule has 1 atom stereocenters. The Bertz CT molecular complexity index is 595. The van der Waals surface area contributed by atoms with E-state index < -0.39 is 0 Å². The SMILES string of the molecule is O=C(C1CCN(Cc2ccccc2)CC1)N1CCCC1CN1CCOCC1. The number of amides is 1. The number of carbonyl (C=O) groups excluding carboxylic acids is 1. The highest BCUT2D eigenvalue weighted by Gasteiger charge is 2.35. The number of morpholine rings is 1. The fourth-order valence-corrected chi connectivity index (χ4v) is 4.81. The van der Waals surface area contributed by atoms with Crippen LogP contribution in [0.1, 0.15) is 31.2 Å². The number of hydrogen-bond donors (Lipinski definition) is 0. The Morgan fingerprint density at radius 3 is 2.41 bits per heavy atom. The molecule has 3 fully saturated rings. The van der Waals surface area contributed by atoms with Crippen molar-refractivity contribution in [3.8, 4) is 0 Å². The van der Waals surface area contributed by atoms with Gasteiger partial charge in [-0.15, -0.1) is 0 Å². The summed E-state index contributed by atoms with van der Waals surface area (Å²) in [5.74, 6) is 0.646. The van der Waals surface area contributed by atoms with E-state index >= 15 is 0 Å². The quantitative estimate of drug-likeness (QED) is 0.795. The van der Waals surface area contributed by atoms with Gasteiger partial charge in [0, 0.05) is 44.7 Å². The van der Waals surface area contributed by atoms with Crippen molar-refractivity contribution < 1.29 is 9.53 Å². The van der Waals surface area contributed by atoms with Gasteiger partial charge in [-0.25, -0.2) is 0 Å². The van der Waals surface area contributed by atoms with Gasteiger partial charge in [-0.3, -0.25) is 14.6 Å². The average molecular weight is 372 g/mol. The normalized spacial score (nSPS) is 25.8. The summed E-state index contributed by atoms with van der Waals surface area (Å²) in [4.78, 5) is 20.4. The molecule has 0 radical (unpaired) electrons. The second-order valence-corrected chi connectivity index (χ2v) is 8.28. The smallest absolute Gasteiger partial charge is 0.226 e. The van der Waals surface area contributed by atoms with Crippen molar-refractivity contribution in [1.29, 1.82) is 0 Å². The molecule has 3 saturated heterocycles. The zero-order chi connectivity index (χ0) is 18.5. The summed E-state index contributed by atoms with van der Waals surface area (Å²) in [6.45, 7) is 8.75. The van der Waals surface area contributed by atoms with Crippen LogP contribution >= 0.6 is 0 Å². The molecule has 0 aliphatic carbocycles. The van der Waals surface area contributed by atoms with E-state index in [1.54, 1.807) is 0 Å². The van der Waals surface area contributed by atoms with Crippen LogP contribution < -0.4 is 0 Å². The lowest BCUT2D eigenvalue weighted by Gasteiger charge is -2.37. The summed E-state index contributed by atoms with van der Waals surface area (Å²) in [6.07, 6.45) is 4.34. The van der Waals surface area contributed by atoms with E-state index in [1.165, 1.54) is 5.56 Å². The second kappa shape index (κ2) is 9.18. The fourth-order valence-electron chi connectivity index (χ4n) is 4.81. The lowest BCUT2D eigenvalue weighted by atomic mass is 9.94. The summed E-state index contributed by atoms with van der Waals surface area (Å²) in [5.41, 5.74) is 1.37. The molecule has 0 bridgehead atoms. The van der Waals surface area contributed by atoms with E-state index in [9.17, 15) is 4.79 Å². The van der Waals surface area contributed by atoms with Gasteiger partial charge >= 0.3 is 0 Å². The van der Waals surface area contributed by atoms with Crippen LogP contribution in [0.5, 0.6) is 0 Å². The van der Waals surface area contributed by atoms with Crippen molar-refractivity contribution in [2.45, 2.75) is 38.3 Å². The predicted molar refractivity (Wildman–Crippen MR) is 106 cm³/mol. The molecule has 3 aliphatic heterocycles. The number of piperidine rings is 1. The van der Waals surface area contributed by atoms with Crippen LogP contribution in [0.25, 0.3) is 0 Å². The molecule has 1 amide bonds. The monoisotopic (exact) mass is 371 g/mol. The van der Waals surface area contributed by atoms with E-state index in [4.69, 9.17) is 4.74 Å². The molecule has 4 rings (SSSR count). The molecule has 148 valence electrons. The number of benzene rings is 1. The average Bonchev–Trinajstić information content (AvgIpc) is 3.18. The van der Waals surface area contributed by atoms with E-state index in [0.717, 1.165) is 84.7 Å². The van der Waals surface area contributed by atoms with Gasteiger partial charge in [0.25, 0.3) is 0 Å². The summed E-state index contributed by atoms with van der Waals surface area (Å²) in [6, 6.07) is 11.1. The number of rotatable bonds is 5. The fraction of sp³-hybridized carbons (Fsp3) is 0.682. The van der Waals surface area contributed by atoms with Crippen LogP contribution in [-0.2, 0) is 16.1 Å². The zero-order valence-electron chi connectivity index (χ0n) is 16.4. The Balaban J connectivity index is 1.26. The van der Waals surface area contributed by atoms with Gasteiger partial charge in [-0.05, 0) is 44.3 Å². The summed E-state index contributed by atoms with van der Waals surface area (Å²) >= 11 is 0. The largest absolute Gasteiger partial charge is 0.379 e. The minimum atomic E-state index is 0.224. The number of ether oxygens (including phenoxy) is 1. The summed E-state index contributed by atoms with van der Waals surface area (Å²) < 4.78 is 5.46. The topological polar surface area (TPSA) is 36.0 Å². The third-order valence-corrected chi connectivity index (χ3v) is 6.42. The maximum atomic E-state index is 13.2. The number of hydrogen-bond acceptors (Lipinski definition) is 4. The maximum Gasteiger partial charge on any atom is 0.226 e. The van der Waals surface area contributed by atoms with E-state index in [2.05, 4.69) is 45.0 Å². The standard InChI is InChI=1S/C22H33N3O2/c26-22(25-10-4-7-21(25)18-24-13-15-27-16-14-24)20-8-11-23(12-9-20)17-19-5-2-1-3-6-19/h1-3,5-6,20-21H,4,7-18H2. The molecule has 27 heavy (non-hydrogen) atoms. The second-order valence-electron chi connectivity index (χ2n) is 8.28. The van der Waals surface area contributed by atoms with E-state index in [0.29, 0.717) is 11.9 Å². The minimum absolute atomic E-state index is 0.224. The number of likely N-dealkylation sites (tertiary alicyclic amines) is 2. The van der Waals surface area contributed by atoms with Gasteiger partial charge in [0.2, 0.25) is 5.91 Å². The van der Waals surface area contributed by atoms with Gasteiger partial charge in [-0.1, -0.05) is 30.3 Å². The highest BCUT2D eigenvalue weighted by atomic mass is 16.5. The molecular formula is C22H33N3O2. The molecule has 5 heteroatoms. The van der Waals surface area contributed by atoms with Gasteiger partial charge < -0.3 is 9.64 Å². The Hall–Kier alpha value is -1.43. The Morgan fingerprint density at radius 1 is 0.926 bits per heavy atom. The Kier molecular flexibility index (Phi) is 6.43. The highest BCUT2D eigenvalue weighted by molar-refractivity contribution is 5.79. The first-order chi connectivity index (χ1) is 13.3. The van der Waals surface area contributed by atoms with Gasteiger partial charge in [0.15, 0.2) is 0 Å². The zero-order valence-corrected chi connectivity index (χ0v) is 16.4. The van der Waals surface area contributed by atoms with Crippen molar-refractivity contribution in [2.24, 2.45) is 5.92 Å². The molecular weight excluding hydrogens is 338 g/mol. The highest BCUT2D eigenvalue weighted by Crippen LogP contribution is 2.26. The van der Waals surface area contributed by atoms with E-state index in [1.807, 2.05) is 0 Å². The molecule has 0 spiro atoms. The predicted octanol–water partition coefficient (Wildman–Crippen LogP) is 2.22. The molecule has 5 nitrogen and oxygen atoms in total. The van der Waals surface area contributed by atoms with Crippen LogP contribution in [0.3, 0.4) is 0 Å². The van der Waals surface area contributed by atoms with Crippen LogP contribution in [0.15, 0.2) is 30.3 Å². The molecule has 1 aromatic rings. The van der Waals surface area contributed by atoms with Crippen LogP contribution in [0.2, 0.25) is 0 Å². The first-order valence-corrected chi connectivity index (χ1v) is 10.7. The third-order valence-electron chi connectivity index (χ3n) is 6.42. The molecule has 3 heterocycles. The first-order valence-electron chi connectivity index (χ1n) is 10.7. The maximum absolute atomic E-state index is 13.2. The number of carbonyl (C=O) groups is 1. The molecule has 3 aliphatic rings. The lowest BCUT2D eigenvalue weighted by molar-refractivity contribution is -0.138. The lowest BCUT2D eigenvalue weighted by Crippen LogP contribution is -2.49. The summed E-state index contributed by atoms with van der Waals surface area (Å²) in [7, 11) is 0. The molecule has 0 N–H and O–H groups in total. The van der Waals surface area contributed by atoms with Gasteiger partial charge in [-0.2, -0.15) is 0 Å². The van der Waals surface area contributed by atoms with Crippen molar-refractivity contribution in [3.63, 3.8) is 0 Å². The first kappa shape index (κ1) is 18.9.